The first-order valence-electron chi connectivity index (χ1n) is 17.2. The molecule has 4 rings (SSSR count). The third kappa shape index (κ3) is 11.3. The SMILES string of the molecule is CN(C)C(=O)C=Cc1cccc(C(=O)O[C@@H]2CC(C(=O)N(C)[C@H](Cc3ccccc3)C(=O)N[C@H](CO)CCC(=O)OC(C)(C)C)=C[C@H]3OCO[C@H]32)c1. The van der Waals surface area contributed by atoms with Crippen molar-refractivity contribution >= 4 is 35.7 Å². The number of hydrogen-bond acceptors (Lipinski definition) is 10. The summed E-state index contributed by atoms with van der Waals surface area (Å²) < 4.78 is 22.8. The number of nitrogens with zero attached hydrogens (tertiary/aromatic N) is 2. The van der Waals surface area contributed by atoms with Gasteiger partial charge in [-0.15, -0.1) is 0 Å². The first-order valence-corrected chi connectivity index (χ1v) is 17.2. The first kappa shape index (κ1) is 39.9. The van der Waals surface area contributed by atoms with Gasteiger partial charge in [0.2, 0.25) is 17.7 Å². The van der Waals surface area contributed by atoms with Gasteiger partial charge in [-0.25, -0.2) is 4.79 Å². The summed E-state index contributed by atoms with van der Waals surface area (Å²) in [6.45, 7) is 4.80. The summed E-state index contributed by atoms with van der Waals surface area (Å²) in [7, 11) is 4.80. The van der Waals surface area contributed by atoms with E-state index in [1.54, 1.807) is 71.3 Å². The highest BCUT2D eigenvalue weighted by Gasteiger charge is 2.44. The van der Waals surface area contributed by atoms with Crippen LogP contribution < -0.4 is 5.32 Å². The molecule has 1 aliphatic carbocycles. The maximum absolute atomic E-state index is 14.1. The average molecular weight is 720 g/mol. The monoisotopic (exact) mass is 719 g/mol. The molecule has 2 aromatic rings. The van der Waals surface area contributed by atoms with Crippen LogP contribution in [-0.4, -0.2) is 115 Å². The van der Waals surface area contributed by atoms with Gasteiger partial charge in [-0.05, 0) is 62.6 Å². The molecule has 2 N–H and O–H groups in total. The van der Waals surface area contributed by atoms with Crippen LogP contribution in [0.4, 0.5) is 0 Å². The normalized spacial score (nSPS) is 19.5. The van der Waals surface area contributed by atoms with Gasteiger partial charge in [-0.2, -0.15) is 0 Å². The number of ether oxygens (including phenoxy) is 4. The number of nitrogens with one attached hydrogen (secondary N) is 1. The first-order chi connectivity index (χ1) is 24.6. The lowest BCUT2D eigenvalue weighted by Crippen LogP contribution is -2.53. The molecule has 13 heteroatoms. The van der Waals surface area contributed by atoms with Crippen molar-refractivity contribution in [3.05, 3.63) is 89.0 Å². The van der Waals surface area contributed by atoms with E-state index in [9.17, 15) is 29.1 Å². The standard InChI is InChI=1S/C39H49N3O10/c1-39(2,3)52-34(45)18-16-29(23-43)40-36(46)30(20-25-11-8-7-9-12-25)42(6)37(47)28-21-31-35(50-24-49-31)32(22-28)51-38(48)27-14-10-13-26(19-27)15-17-33(44)41(4)5/h7-15,17,19,21,29-32,35,43H,16,18,20,22-24H2,1-6H3,(H,40,46)/t29-,30+,31+,32+,35+/m0/s1. The summed E-state index contributed by atoms with van der Waals surface area (Å²) >= 11 is 0. The zero-order valence-corrected chi connectivity index (χ0v) is 30.6. The number of fused-ring (bicyclic) bond motifs is 1. The Morgan fingerprint density at radius 2 is 1.75 bits per heavy atom. The molecular weight excluding hydrogens is 670 g/mol. The molecule has 2 aliphatic rings. The van der Waals surface area contributed by atoms with Crippen molar-refractivity contribution in [2.45, 2.75) is 82.5 Å². The number of carbonyl (C=O) groups is 5. The van der Waals surface area contributed by atoms with Gasteiger partial charge >= 0.3 is 11.9 Å². The number of rotatable bonds is 14. The molecule has 2 aromatic carbocycles. The third-order valence-electron chi connectivity index (χ3n) is 8.56. The number of hydrogen-bond donors (Lipinski definition) is 2. The fraction of sp³-hybridized carbons (Fsp3) is 0.462. The van der Waals surface area contributed by atoms with Gasteiger partial charge in [0.05, 0.1) is 18.2 Å². The summed E-state index contributed by atoms with van der Waals surface area (Å²) in [5.41, 5.74) is 1.29. The predicted molar refractivity (Wildman–Crippen MR) is 191 cm³/mol. The number of aliphatic hydroxyl groups excluding tert-OH is 1. The molecule has 280 valence electrons. The number of likely N-dealkylation sites (N-methyl/N-ethyl adjacent to an activating group) is 2. The molecule has 0 radical (unpaired) electrons. The molecule has 0 aromatic heterocycles. The van der Waals surface area contributed by atoms with Gasteiger partial charge in [0.15, 0.2) is 0 Å². The fourth-order valence-electron chi connectivity index (χ4n) is 5.81. The smallest absolute Gasteiger partial charge is 0.338 e. The van der Waals surface area contributed by atoms with Crippen LogP contribution in [0.3, 0.4) is 0 Å². The Labute approximate surface area is 304 Å². The van der Waals surface area contributed by atoms with E-state index in [0.717, 1.165) is 5.56 Å². The lowest BCUT2D eigenvalue weighted by Gasteiger charge is -2.34. The Morgan fingerprint density at radius 3 is 2.42 bits per heavy atom. The Morgan fingerprint density at radius 1 is 1.02 bits per heavy atom. The molecular formula is C39H49N3O10. The Bertz CT molecular complexity index is 1650. The minimum atomic E-state index is -0.999. The second kappa shape index (κ2) is 18.1. The second-order valence-corrected chi connectivity index (χ2v) is 14.0. The molecule has 0 bridgehead atoms. The molecule has 0 spiro atoms. The lowest BCUT2D eigenvalue weighted by molar-refractivity contribution is -0.155. The third-order valence-corrected chi connectivity index (χ3v) is 8.56. The Hall–Kier alpha value is -4.85. The van der Waals surface area contributed by atoms with Gasteiger partial charge in [0.25, 0.3) is 0 Å². The van der Waals surface area contributed by atoms with Gasteiger partial charge in [-0.3, -0.25) is 19.2 Å². The fourth-order valence-corrected chi connectivity index (χ4v) is 5.81. The van der Waals surface area contributed by atoms with Gasteiger partial charge in [0, 0.05) is 52.1 Å². The van der Waals surface area contributed by atoms with Crippen molar-refractivity contribution in [3.63, 3.8) is 0 Å². The minimum absolute atomic E-state index is 0.00516. The Kier molecular flexibility index (Phi) is 13.9. The van der Waals surface area contributed by atoms with Crippen molar-refractivity contribution in [1.82, 2.24) is 15.1 Å². The molecule has 0 saturated carbocycles. The lowest BCUT2D eigenvalue weighted by atomic mass is 9.90. The number of aliphatic hydroxyl groups is 1. The molecule has 1 aliphatic heterocycles. The van der Waals surface area contributed by atoms with Crippen LogP contribution in [0.5, 0.6) is 0 Å². The van der Waals surface area contributed by atoms with Crippen LogP contribution in [0.25, 0.3) is 6.08 Å². The highest BCUT2D eigenvalue weighted by molar-refractivity contribution is 5.97. The molecule has 0 unspecified atom stereocenters. The molecule has 1 heterocycles. The summed E-state index contributed by atoms with van der Waals surface area (Å²) in [6, 6.07) is 14.1. The van der Waals surface area contributed by atoms with Gasteiger partial charge in [-0.1, -0.05) is 42.5 Å². The van der Waals surface area contributed by atoms with Crippen molar-refractivity contribution in [2.75, 3.05) is 34.5 Å². The number of esters is 2. The molecule has 13 nitrogen and oxygen atoms in total. The zero-order valence-electron chi connectivity index (χ0n) is 30.6. The minimum Gasteiger partial charge on any atom is -0.460 e. The second-order valence-electron chi connectivity index (χ2n) is 14.0. The number of carbonyl (C=O) groups excluding carboxylic acids is 5. The summed E-state index contributed by atoms with van der Waals surface area (Å²) in [5, 5.41) is 12.9. The van der Waals surface area contributed by atoms with Crippen molar-refractivity contribution in [2.24, 2.45) is 0 Å². The highest BCUT2D eigenvalue weighted by atomic mass is 16.7. The van der Waals surface area contributed by atoms with Gasteiger partial charge in [0.1, 0.15) is 36.7 Å². The van der Waals surface area contributed by atoms with E-state index < -0.39 is 66.4 Å². The largest absolute Gasteiger partial charge is 0.460 e. The Balaban J connectivity index is 1.50. The highest BCUT2D eigenvalue weighted by Crippen LogP contribution is 2.32. The zero-order chi connectivity index (χ0) is 38.0. The van der Waals surface area contributed by atoms with Gasteiger partial charge < -0.3 is 39.2 Å². The number of benzene rings is 2. The van der Waals surface area contributed by atoms with Crippen molar-refractivity contribution < 1.29 is 48.0 Å². The summed E-state index contributed by atoms with van der Waals surface area (Å²) in [6.07, 6.45) is 2.75. The average Bonchev–Trinajstić information content (AvgIpc) is 3.59. The van der Waals surface area contributed by atoms with E-state index in [1.807, 2.05) is 30.3 Å². The van der Waals surface area contributed by atoms with E-state index in [-0.39, 0.29) is 49.5 Å². The molecule has 52 heavy (non-hydrogen) atoms. The van der Waals surface area contributed by atoms with E-state index in [2.05, 4.69) is 5.32 Å². The van der Waals surface area contributed by atoms with Crippen LogP contribution in [-0.2, 0) is 44.5 Å². The van der Waals surface area contributed by atoms with Crippen LogP contribution in [0.15, 0.2) is 72.3 Å². The molecule has 1 saturated heterocycles. The maximum Gasteiger partial charge on any atom is 0.338 e. The quantitative estimate of drug-likeness (QED) is 0.219. The molecule has 3 amide bonds. The predicted octanol–water partition coefficient (Wildman–Crippen LogP) is 3.05. The van der Waals surface area contributed by atoms with E-state index >= 15 is 0 Å². The van der Waals surface area contributed by atoms with Crippen LogP contribution >= 0.6 is 0 Å². The van der Waals surface area contributed by atoms with Crippen molar-refractivity contribution in [1.29, 1.82) is 0 Å². The van der Waals surface area contributed by atoms with E-state index in [0.29, 0.717) is 5.56 Å². The van der Waals surface area contributed by atoms with E-state index in [4.69, 9.17) is 18.9 Å². The van der Waals surface area contributed by atoms with Crippen LogP contribution in [0, 0.1) is 0 Å². The summed E-state index contributed by atoms with van der Waals surface area (Å²) in [4.78, 5) is 68.4. The molecule has 5 atom stereocenters. The molecule has 1 fully saturated rings. The topological polar surface area (TPSA) is 161 Å². The van der Waals surface area contributed by atoms with Crippen LogP contribution in [0.1, 0.15) is 61.5 Å². The summed E-state index contributed by atoms with van der Waals surface area (Å²) in [5.74, 6) is -2.29. The van der Waals surface area contributed by atoms with E-state index in [1.165, 1.54) is 22.9 Å². The maximum atomic E-state index is 14.1. The van der Waals surface area contributed by atoms with Crippen molar-refractivity contribution in [3.8, 4) is 0 Å². The van der Waals surface area contributed by atoms with Crippen LogP contribution in [0.2, 0.25) is 0 Å². The number of amides is 3.